The van der Waals surface area contributed by atoms with E-state index < -0.39 is 12.1 Å². The Morgan fingerprint density at radius 3 is 2.70 bits per heavy atom. The smallest absolute Gasteiger partial charge is 0.407 e. The number of hydrogen-bond acceptors (Lipinski definition) is 3. The summed E-state index contributed by atoms with van der Waals surface area (Å²) in [6.07, 6.45) is 0.00186. The summed E-state index contributed by atoms with van der Waals surface area (Å²) < 4.78 is 5.11. The average molecular weight is 362 g/mol. The van der Waals surface area contributed by atoms with E-state index >= 15 is 0 Å². The standard InChI is InChI=1S/C21H18N2O4/c24-20(25)19-13-17-12-15(9-10-18(17)23-19)6-4-5-11-22-21(26)27-14-16-7-2-1-3-8-16/h1-3,7-10,12-13,23H,5,11,14H2,(H,22,26)(H,24,25). The van der Waals surface area contributed by atoms with Crippen molar-refractivity contribution in [3.63, 3.8) is 0 Å². The second-order valence-corrected chi connectivity index (χ2v) is 5.83. The molecule has 0 bridgehead atoms. The third-order valence-electron chi connectivity index (χ3n) is 3.82. The number of ether oxygens (including phenoxy) is 1. The first-order valence-corrected chi connectivity index (χ1v) is 8.41. The Morgan fingerprint density at radius 2 is 1.93 bits per heavy atom. The molecule has 0 unspecified atom stereocenters. The Bertz CT molecular complexity index is 1010. The van der Waals surface area contributed by atoms with Crippen molar-refractivity contribution >= 4 is 23.0 Å². The predicted molar refractivity (Wildman–Crippen MR) is 101 cm³/mol. The monoisotopic (exact) mass is 362 g/mol. The van der Waals surface area contributed by atoms with E-state index in [1.54, 1.807) is 12.1 Å². The molecular weight excluding hydrogens is 344 g/mol. The number of H-pyrrole nitrogens is 1. The molecule has 0 saturated carbocycles. The molecule has 136 valence electrons. The number of carboxylic acids is 1. The van der Waals surface area contributed by atoms with Crippen molar-refractivity contribution in [2.45, 2.75) is 13.0 Å². The number of carboxylic acid groups (broad SMARTS) is 1. The van der Waals surface area contributed by atoms with E-state index in [1.807, 2.05) is 42.5 Å². The highest BCUT2D eigenvalue weighted by Gasteiger charge is 2.07. The molecule has 0 aliphatic rings. The number of carbonyl (C=O) groups is 2. The number of benzene rings is 2. The first-order valence-electron chi connectivity index (χ1n) is 8.41. The molecular formula is C21H18N2O4. The fourth-order valence-corrected chi connectivity index (χ4v) is 2.49. The van der Waals surface area contributed by atoms with E-state index in [1.165, 1.54) is 0 Å². The van der Waals surface area contributed by atoms with Gasteiger partial charge in [-0.2, -0.15) is 0 Å². The lowest BCUT2D eigenvalue weighted by Crippen LogP contribution is -2.24. The van der Waals surface area contributed by atoms with Crippen molar-refractivity contribution in [1.82, 2.24) is 10.3 Å². The van der Waals surface area contributed by atoms with E-state index in [-0.39, 0.29) is 12.3 Å². The third-order valence-corrected chi connectivity index (χ3v) is 3.82. The molecule has 27 heavy (non-hydrogen) atoms. The summed E-state index contributed by atoms with van der Waals surface area (Å²) in [7, 11) is 0. The first-order chi connectivity index (χ1) is 13.1. The minimum Gasteiger partial charge on any atom is -0.477 e. The molecule has 2 aromatic carbocycles. The van der Waals surface area contributed by atoms with Crippen molar-refractivity contribution < 1.29 is 19.4 Å². The summed E-state index contributed by atoms with van der Waals surface area (Å²) in [6.45, 7) is 0.615. The van der Waals surface area contributed by atoms with Crippen molar-refractivity contribution in [3.05, 3.63) is 71.4 Å². The van der Waals surface area contributed by atoms with Crippen LogP contribution in [0.5, 0.6) is 0 Å². The van der Waals surface area contributed by atoms with Gasteiger partial charge < -0.3 is 20.1 Å². The Balaban J connectivity index is 1.45. The molecule has 6 nitrogen and oxygen atoms in total. The Kier molecular flexibility index (Phi) is 5.75. The average Bonchev–Trinajstić information content (AvgIpc) is 3.11. The van der Waals surface area contributed by atoms with E-state index in [9.17, 15) is 9.59 Å². The number of aromatic amines is 1. The van der Waals surface area contributed by atoms with Gasteiger partial charge in [-0.05, 0) is 29.8 Å². The molecule has 0 aliphatic carbocycles. The van der Waals surface area contributed by atoms with Crippen molar-refractivity contribution in [2.75, 3.05) is 6.54 Å². The fraction of sp³-hybridized carbons (Fsp3) is 0.143. The molecule has 3 aromatic rings. The topological polar surface area (TPSA) is 91.4 Å². The van der Waals surface area contributed by atoms with E-state index in [2.05, 4.69) is 22.1 Å². The normalized spacial score (nSPS) is 10.1. The molecule has 1 heterocycles. The van der Waals surface area contributed by atoms with Gasteiger partial charge in [0, 0.05) is 29.4 Å². The Morgan fingerprint density at radius 1 is 1.11 bits per heavy atom. The van der Waals surface area contributed by atoms with Gasteiger partial charge in [0.05, 0.1) is 0 Å². The van der Waals surface area contributed by atoms with Gasteiger partial charge in [0.15, 0.2) is 0 Å². The highest BCUT2D eigenvalue weighted by Crippen LogP contribution is 2.17. The largest absolute Gasteiger partial charge is 0.477 e. The number of nitrogens with one attached hydrogen (secondary N) is 2. The van der Waals surface area contributed by atoms with Gasteiger partial charge in [-0.3, -0.25) is 0 Å². The molecule has 0 aliphatic heterocycles. The van der Waals surface area contributed by atoms with Gasteiger partial charge in [-0.25, -0.2) is 9.59 Å². The second kappa shape index (κ2) is 8.59. The number of alkyl carbamates (subject to hydrolysis) is 1. The zero-order chi connectivity index (χ0) is 19.1. The molecule has 6 heteroatoms. The number of amides is 1. The summed E-state index contributed by atoms with van der Waals surface area (Å²) in [6, 6.07) is 16.5. The number of aromatic carboxylic acids is 1. The van der Waals surface area contributed by atoms with Gasteiger partial charge in [-0.1, -0.05) is 42.2 Å². The van der Waals surface area contributed by atoms with Crippen molar-refractivity contribution in [3.8, 4) is 11.8 Å². The first kappa shape index (κ1) is 18.1. The van der Waals surface area contributed by atoms with Gasteiger partial charge in [0.1, 0.15) is 12.3 Å². The molecule has 0 spiro atoms. The summed E-state index contributed by atoms with van der Waals surface area (Å²) in [5.74, 6) is 4.99. The summed E-state index contributed by atoms with van der Waals surface area (Å²) in [4.78, 5) is 25.4. The van der Waals surface area contributed by atoms with Crippen LogP contribution in [0.25, 0.3) is 10.9 Å². The highest BCUT2D eigenvalue weighted by atomic mass is 16.5. The van der Waals surface area contributed by atoms with E-state index in [0.29, 0.717) is 13.0 Å². The maximum Gasteiger partial charge on any atom is 0.407 e. The summed E-state index contributed by atoms with van der Waals surface area (Å²) in [5, 5.41) is 12.4. The fourth-order valence-electron chi connectivity index (χ4n) is 2.49. The number of aromatic nitrogens is 1. The van der Waals surface area contributed by atoms with E-state index in [4.69, 9.17) is 9.84 Å². The zero-order valence-electron chi connectivity index (χ0n) is 14.5. The predicted octanol–water partition coefficient (Wildman–Crippen LogP) is 3.53. The number of carbonyl (C=O) groups excluding carboxylic acids is 1. The molecule has 1 amide bonds. The van der Waals surface area contributed by atoms with Crippen LogP contribution < -0.4 is 5.32 Å². The quantitative estimate of drug-likeness (QED) is 0.478. The van der Waals surface area contributed by atoms with Crippen LogP contribution in [0.2, 0.25) is 0 Å². The Hall–Kier alpha value is -3.72. The lowest BCUT2D eigenvalue weighted by molar-refractivity contribution is 0.0691. The molecule has 3 N–H and O–H groups in total. The molecule has 0 atom stereocenters. The van der Waals surface area contributed by atoms with Gasteiger partial charge in [0.25, 0.3) is 0 Å². The van der Waals surface area contributed by atoms with Gasteiger partial charge >= 0.3 is 12.1 Å². The molecule has 0 saturated heterocycles. The van der Waals surface area contributed by atoms with Crippen LogP contribution in [0.15, 0.2) is 54.6 Å². The van der Waals surface area contributed by atoms with Crippen LogP contribution in [0.1, 0.15) is 28.0 Å². The Labute approximate surface area is 156 Å². The van der Waals surface area contributed by atoms with Crippen molar-refractivity contribution in [2.24, 2.45) is 0 Å². The SMILES string of the molecule is O=C(NCCC#Cc1ccc2[nH]c(C(=O)O)cc2c1)OCc1ccccc1. The van der Waals surface area contributed by atoms with Crippen LogP contribution >= 0.6 is 0 Å². The zero-order valence-corrected chi connectivity index (χ0v) is 14.5. The van der Waals surface area contributed by atoms with Crippen LogP contribution in [-0.2, 0) is 11.3 Å². The summed E-state index contributed by atoms with van der Waals surface area (Å²) >= 11 is 0. The lowest BCUT2D eigenvalue weighted by Gasteiger charge is -2.05. The van der Waals surface area contributed by atoms with Crippen molar-refractivity contribution in [1.29, 1.82) is 0 Å². The lowest BCUT2D eigenvalue weighted by atomic mass is 10.1. The molecule has 3 rings (SSSR count). The maximum atomic E-state index is 11.6. The van der Waals surface area contributed by atoms with Gasteiger partial charge in [-0.15, -0.1) is 0 Å². The summed E-state index contributed by atoms with van der Waals surface area (Å²) in [5.41, 5.74) is 2.61. The minimum atomic E-state index is -0.996. The molecule has 0 radical (unpaired) electrons. The van der Waals surface area contributed by atoms with Crippen LogP contribution in [0.3, 0.4) is 0 Å². The van der Waals surface area contributed by atoms with E-state index in [0.717, 1.165) is 22.0 Å². The number of hydrogen-bond donors (Lipinski definition) is 3. The van der Waals surface area contributed by atoms with Crippen LogP contribution in [-0.4, -0.2) is 28.7 Å². The minimum absolute atomic E-state index is 0.147. The number of rotatable bonds is 5. The maximum absolute atomic E-state index is 11.6. The number of fused-ring (bicyclic) bond motifs is 1. The van der Waals surface area contributed by atoms with Gasteiger partial charge in [0.2, 0.25) is 0 Å². The molecule has 0 fully saturated rings. The third kappa shape index (κ3) is 5.13. The highest BCUT2D eigenvalue weighted by molar-refractivity contribution is 5.94. The second-order valence-electron chi connectivity index (χ2n) is 5.83. The molecule has 1 aromatic heterocycles. The van der Waals surface area contributed by atoms with Crippen LogP contribution in [0, 0.1) is 11.8 Å². The van der Waals surface area contributed by atoms with Crippen LogP contribution in [0.4, 0.5) is 4.79 Å².